The highest BCUT2D eigenvalue weighted by Crippen LogP contribution is 2.22. The third-order valence-corrected chi connectivity index (χ3v) is 3.41. The van der Waals surface area contributed by atoms with Gasteiger partial charge in [0.1, 0.15) is 0 Å². The molecule has 1 aromatic carbocycles. The van der Waals surface area contributed by atoms with Crippen molar-refractivity contribution in [1.29, 1.82) is 0 Å². The molecule has 14 heavy (non-hydrogen) atoms. The van der Waals surface area contributed by atoms with Gasteiger partial charge >= 0.3 is 0 Å². The summed E-state index contributed by atoms with van der Waals surface area (Å²) in [7, 11) is 1.74. The summed E-state index contributed by atoms with van der Waals surface area (Å²) in [5.41, 5.74) is 1.71. The van der Waals surface area contributed by atoms with Gasteiger partial charge in [0.15, 0.2) is 0 Å². The first-order valence-electron chi connectivity index (χ1n) is 4.49. The van der Waals surface area contributed by atoms with Gasteiger partial charge in [0.2, 0.25) is 0 Å². The van der Waals surface area contributed by atoms with E-state index in [1.807, 2.05) is 26.0 Å². The molecule has 0 aliphatic rings. The Balaban J connectivity index is 3.30. The van der Waals surface area contributed by atoms with Crippen molar-refractivity contribution in [2.24, 2.45) is 0 Å². The molecule has 0 amide bonds. The monoisotopic (exact) mass is 232 g/mol. The molecule has 0 heterocycles. The largest absolute Gasteiger partial charge is 0.261 e. The van der Waals surface area contributed by atoms with Crippen molar-refractivity contribution >= 4 is 19.7 Å². The lowest BCUT2D eigenvalue weighted by atomic mass is 10.1. The van der Waals surface area contributed by atoms with E-state index in [2.05, 4.69) is 0 Å². The van der Waals surface area contributed by atoms with Gasteiger partial charge in [-0.15, -0.1) is 0 Å². The summed E-state index contributed by atoms with van der Waals surface area (Å²) in [5.74, 6) is 0. The second-order valence-corrected chi connectivity index (χ2v) is 5.83. The van der Waals surface area contributed by atoms with Crippen LogP contribution in [0.1, 0.15) is 24.5 Å². The fraction of sp³-hybridized carbons (Fsp3) is 0.400. The highest BCUT2D eigenvalue weighted by molar-refractivity contribution is 8.13. The number of hydrogen-bond donors (Lipinski definition) is 0. The zero-order valence-corrected chi connectivity index (χ0v) is 9.82. The van der Waals surface area contributed by atoms with Gasteiger partial charge in [-0.1, -0.05) is 25.5 Å². The van der Waals surface area contributed by atoms with Gasteiger partial charge in [0, 0.05) is 10.7 Å². The van der Waals surface area contributed by atoms with E-state index in [4.69, 9.17) is 10.7 Å². The van der Waals surface area contributed by atoms with Crippen LogP contribution in [0.4, 0.5) is 0 Å². The van der Waals surface area contributed by atoms with Gasteiger partial charge in [0.05, 0.1) is 4.90 Å². The van der Waals surface area contributed by atoms with Crippen LogP contribution in [0.5, 0.6) is 0 Å². The molecule has 0 saturated heterocycles. The van der Waals surface area contributed by atoms with Crippen LogP contribution in [0, 0.1) is 6.92 Å². The normalized spacial score (nSPS) is 11.6. The second-order valence-electron chi connectivity index (χ2n) is 3.30. The first-order chi connectivity index (χ1) is 6.45. The van der Waals surface area contributed by atoms with Crippen molar-refractivity contribution in [3.05, 3.63) is 29.3 Å². The molecule has 0 aliphatic heterocycles. The van der Waals surface area contributed by atoms with Gasteiger partial charge in [0.25, 0.3) is 9.05 Å². The molecule has 78 valence electrons. The molecule has 4 heteroatoms. The average Bonchev–Trinajstić information content (AvgIpc) is 2.07. The zero-order chi connectivity index (χ0) is 10.8. The van der Waals surface area contributed by atoms with Crippen molar-refractivity contribution in [2.75, 3.05) is 0 Å². The first kappa shape index (κ1) is 11.5. The summed E-state index contributed by atoms with van der Waals surface area (Å²) in [6, 6.07) is 5.35. The Hall–Kier alpha value is -0.540. The van der Waals surface area contributed by atoms with Gasteiger partial charge in [-0.3, -0.25) is 0 Å². The van der Waals surface area contributed by atoms with Crippen molar-refractivity contribution in [2.45, 2.75) is 31.6 Å². The Bertz CT molecular complexity index is 424. The SMILES string of the molecule is CCCc1ccc(C)cc1S(=O)(=O)Cl. The number of halogens is 1. The summed E-state index contributed by atoms with van der Waals surface area (Å²) in [6.07, 6.45) is 1.64. The molecule has 0 spiro atoms. The lowest BCUT2D eigenvalue weighted by Crippen LogP contribution is -1.98. The first-order valence-corrected chi connectivity index (χ1v) is 6.80. The van der Waals surface area contributed by atoms with Crippen LogP contribution in [-0.4, -0.2) is 8.42 Å². The van der Waals surface area contributed by atoms with Crippen LogP contribution in [0.3, 0.4) is 0 Å². The zero-order valence-electron chi connectivity index (χ0n) is 8.25. The molecule has 0 fully saturated rings. The van der Waals surface area contributed by atoms with Crippen molar-refractivity contribution in [3.63, 3.8) is 0 Å². The lowest BCUT2D eigenvalue weighted by molar-refractivity contribution is 0.608. The third kappa shape index (κ3) is 2.72. The lowest BCUT2D eigenvalue weighted by Gasteiger charge is -2.06. The van der Waals surface area contributed by atoms with Crippen LogP contribution in [0.15, 0.2) is 23.1 Å². The molecule has 0 unspecified atom stereocenters. The topological polar surface area (TPSA) is 34.1 Å². The average molecular weight is 233 g/mol. The minimum absolute atomic E-state index is 0.251. The summed E-state index contributed by atoms with van der Waals surface area (Å²) >= 11 is 0. The third-order valence-electron chi connectivity index (χ3n) is 2.00. The number of benzene rings is 1. The predicted octanol–water partition coefficient (Wildman–Crippen LogP) is 2.88. The van der Waals surface area contributed by atoms with Crippen molar-refractivity contribution < 1.29 is 8.42 Å². The van der Waals surface area contributed by atoms with E-state index in [9.17, 15) is 8.42 Å². The van der Waals surface area contributed by atoms with Crippen LogP contribution >= 0.6 is 10.7 Å². The quantitative estimate of drug-likeness (QED) is 0.751. The van der Waals surface area contributed by atoms with Crippen LogP contribution in [-0.2, 0) is 15.5 Å². The minimum Gasteiger partial charge on any atom is -0.207 e. The molecule has 0 bridgehead atoms. The molecule has 2 nitrogen and oxygen atoms in total. The Morgan fingerprint density at radius 1 is 1.36 bits per heavy atom. The van der Waals surface area contributed by atoms with Crippen molar-refractivity contribution in [1.82, 2.24) is 0 Å². The van der Waals surface area contributed by atoms with Gasteiger partial charge < -0.3 is 0 Å². The van der Waals surface area contributed by atoms with Crippen LogP contribution in [0.2, 0.25) is 0 Å². The number of rotatable bonds is 3. The smallest absolute Gasteiger partial charge is 0.207 e. The highest BCUT2D eigenvalue weighted by Gasteiger charge is 2.14. The summed E-state index contributed by atoms with van der Waals surface area (Å²) in [4.78, 5) is 0.251. The molecular weight excluding hydrogens is 220 g/mol. The standard InChI is InChI=1S/C10H13ClO2S/c1-3-4-9-6-5-8(2)7-10(9)14(11,12)13/h5-7H,3-4H2,1-2H3. The summed E-state index contributed by atoms with van der Waals surface area (Å²) < 4.78 is 22.5. The number of hydrogen-bond acceptors (Lipinski definition) is 2. The molecule has 1 rings (SSSR count). The maximum atomic E-state index is 11.2. The van der Waals surface area contributed by atoms with E-state index in [1.54, 1.807) is 6.07 Å². The second kappa shape index (κ2) is 4.32. The maximum absolute atomic E-state index is 11.2. The van der Waals surface area contributed by atoms with Crippen molar-refractivity contribution in [3.8, 4) is 0 Å². The summed E-state index contributed by atoms with van der Waals surface area (Å²) in [6.45, 7) is 3.85. The fourth-order valence-corrected chi connectivity index (χ4v) is 2.61. The van der Waals surface area contributed by atoms with Gasteiger partial charge in [-0.2, -0.15) is 0 Å². The Morgan fingerprint density at radius 2 is 2.00 bits per heavy atom. The molecule has 0 atom stereocenters. The Morgan fingerprint density at radius 3 is 2.50 bits per heavy atom. The Kier molecular flexibility index (Phi) is 3.56. The summed E-state index contributed by atoms with van der Waals surface area (Å²) in [5, 5.41) is 0. The van der Waals surface area contributed by atoms with Crippen LogP contribution in [0.25, 0.3) is 0 Å². The van der Waals surface area contributed by atoms with E-state index in [1.165, 1.54) is 0 Å². The molecule has 0 N–H and O–H groups in total. The van der Waals surface area contributed by atoms with E-state index in [0.29, 0.717) is 0 Å². The van der Waals surface area contributed by atoms with Crippen LogP contribution < -0.4 is 0 Å². The van der Waals surface area contributed by atoms with Gasteiger partial charge in [-0.25, -0.2) is 8.42 Å². The molecule has 1 aromatic rings. The molecule has 0 radical (unpaired) electrons. The Labute approximate surface area is 89.3 Å². The van der Waals surface area contributed by atoms with E-state index >= 15 is 0 Å². The van der Waals surface area contributed by atoms with E-state index in [0.717, 1.165) is 24.0 Å². The molecular formula is C10H13ClO2S. The molecule has 0 aromatic heterocycles. The number of aryl methyl sites for hydroxylation is 2. The van der Waals surface area contributed by atoms with Gasteiger partial charge in [-0.05, 0) is 30.5 Å². The minimum atomic E-state index is -3.61. The molecule has 0 aliphatic carbocycles. The predicted molar refractivity (Wildman–Crippen MR) is 58.2 cm³/mol. The fourth-order valence-electron chi connectivity index (χ4n) is 1.36. The molecule has 0 saturated carbocycles. The van der Waals surface area contributed by atoms with E-state index < -0.39 is 9.05 Å². The van der Waals surface area contributed by atoms with E-state index in [-0.39, 0.29) is 4.90 Å². The maximum Gasteiger partial charge on any atom is 0.261 e. The highest BCUT2D eigenvalue weighted by atomic mass is 35.7.